The second-order valence-electron chi connectivity index (χ2n) is 7.67. The van der Waals surface area contributed by atoms with E-state index >= 15 is 0 Å². The first-order chi connectivity index (χ1) is 8.92. The van der Waals surface area contributed by atoms with E-state index in [1.165, 1.54) is 44.9 Å². The summed E-state index contributed by atoms with van der Waals surface area (Å²) in [5.74, 6) is 8.36. The van der Waals surface area contributed by atoms with Gasteiger partial charge in [-0.3, -0.25) is 11.3 Å². The van der Waals surface area contributed by atoms with Crippen LogP contribution < -0.4 is 11.3 Å². The average Bonchev–Trinajstić information content (AvgIpc) is 2.39. The molecular weight excluding hydrogens is 232 g/mol. The number of hydrogen-bond acceptors (Lipinski definition) is 2. The van der Waals surface area contributed by atoms with Crippen molar-refractivity contribution in [1.29, 1.82) is 0 Å². The summed E-state index contributed by atoms with van der Waals surface area (Å²) in [5, 5.41) is 0. The van der Waals surface area contributed by atoms with E-state index in [9.17, 15) is 0 Å². The first-order valence-electron chi connectivity index (χ1n) is 8.38. The zero-order valence-corrected chi connectivity index (χ0v) is 13.8. The van der Waals surface area contributed by atoms with Gasteiger partial charge in [-0.25, -0.2) is 0 Å². The van der Waals surface area contributed by atoms with Crippen LogP contribution in [0.15, 0.2) is 0 Å². The van der Waals surface area contributed by atoms with Gasteiger partial charge in [0.15, 0.2) is 0 Å². The Morgan fingerprint density at radius 1 is 1.05 bits per heavy atom. The van der Waals surface area contributed by atoms with Crippen molar-refractivity contribution in [3.05, 3.63) is 0 Å². The molecule has 1 fully saturated rings. The van der Waals surface area contributed by atoms with Crippen LogP contribution in [0.25, 0.3) is 0 Å². The molecule has 0 spiro atoms. The SMILES string of the molecule is CCC(CC)CC(NN)C1CCC(C(C)(C)C)CC1. The zero-order chi connectivity index (χ0) is 14.5. The van der Waals surface area contributed by atoms with Crippen molar-refractivity contribution < 1.29 is 0 Å². The van der Waals surface area contributed by atoms with Crippen LogP contribution in [0.5, 0.6) is 0 Å². The van der Waals surface area contributed by atoms with E-state index in [-0.39, 0.29) is 0 Å². The van der Waals surface area contributed by atoms with Crippen molar-refractivity contribution in [2.45, 2.75) is 85.6 Å². The maximum absolute atomic E-state index is 5.83. The van der Waals surface area contributed by atoms with Crippen LogP contribution in [0.3, 0.4) is 0 Å². The van der Waals surface area contributed by atoms with Gasteiger partial charge in [0.25, 0.3) is 0 Å². The molecule has 1 aliphatic carbocycles. The molecule has 114 valence electrons. The Morgan fingerprint density at radius 3 is 1.95 bits per heavy atom. The number of hydrazine groups is 1. The van der Waals surface area contributed by atoms with Gasteiger partial charge in [-0.15, -0.1) is 0 Å². The molecule has 0 aromatic rings. The van der Waals surface area contributed by atoms with Crippen LogP contribution >= 0.6 is 0 Å². The van der Waals surface area contributed by atoms with Crippen molar-refractivity contribution in [3.63, 3.8) is 0 Å². The molecule has 1 saturated carbocycles. The maximum atomic E-state index is 5.83. The summed E-state index contributed by atoms with van der Waals surface area (Å²) >= 11 is 0. The van der Waals surface area contributed by atoms with Crippen molar-refractivity contribution in [3.8, 4) is 0 Å². The Labute approximate surface area is 120 Å². The fraction of sp³-hybridized carbons (Fsp3) is 1.00. The molecule has 1 aliphatic rings. The van der Waals surface area contributed by atoms with Crippen molar-refractivity contribution in [1.82, 2.24) is 5.43 Å². The molecule has 0 amide bonds. The summed E-state index contributed by atoms with van der Waals surface area (Å²) < 4.78 is 0. The van der Waals surface area contributed by atoms with Gasteiger partial charge in [0.1, 0.15) is 0 Å². The lowest BCUT2D eigenvalue weighted by atomic mass is 9.68. The Balaban J connectivity index is 2.47. The first-order valence-corrected chi connectivity index (χ1v) is 8.38. The third-order valence-corrected chi connectivity index (χ3v) is 5.52. The molecule has 0 radical (unpaired) electrons. The molecule has 3 N–H and O–H groups in total. The van der Waals surface area contributed by atoms with E-state index in [4.69, 9.17) is 5.84 Å². The summed E-state index contributed by atoms with van der Waals surface area (Å²) in [4.78, 5) is 0. The molecular formula is C17H36N2. The maximum Gasteiger partial charge on any atom is 0.0241 e. The number of nitrogens with two attached hydrogens (primary N) is 1. The number of nitrogens with one attached hydrogen (secondary N) is 1. The highest BCUT2D eigenvalue weighted by molar-refractivity contribution is 4.85. The summed E-state index contributed by atoms with van der Waals surface area (Å²) in [7, 11) is 0. The lowest BCUT2D eigenvalue weighted by Gasteiger charge is -2.40. The molecule has 0 aromatic heterocycles. The number of hydrogen-bond donors (Lipinski definition) is 2. The molecule has 0 heterocycles. The van der Waals surface area contributed by atoms with Gasteiger partial charge in [0.05, 0.1) is 0 Å². The predicted molar refractivity (Wildman–Crippen MR) is 84.7 cm³/mol. The lowest BCUT2D eigenvalue weighted by molar-refractivity contribution is 0.125. The molecule has 0 aromatic carbocycles. The zero-order valence-electron chi connectivity index (χ0n) is 13.8. The van der Waals surface area contributed by atoms with Crippen LogP contribution in [-0.2, 0) is 0 Å². The molecule has 1 atom stereocenters. The van der Waals surface area contributed by atoms with Crippen LogP contribution in [0.2, 0.25) is 0 Å². The average molecular weight is 268 g/mol. The summed E-state index contributed by atoms with van der Waals surface area (Å²) in [6, 6.07) is 0.533. The van der Waals surface area contributed by atoms with Gasteiger partial charge < -0.3 is 0 Å². The Bertz CT molecular complexity index is 232. The summed E-state index contributed by atoms with van der Waals surface area (Å²) in [6.45, 7) is 11.8. The van der Waals surface area contributed by atoms with Crippen LogP contribution in [-0.4, -0.2) is 6.04 Å². The highest BCUT2D eigenvalue weighted by Gasteiger charge is 2.32. The van der Waals surface area contributed by atoms with Gasteiger partial charge in [-0.2, -0.15) is 0 Å². The molecule has 1 rings (SSSR count). The molecule has 2 nitrogen and oxygen atoms in total. The standard InChI is InChI=1S/C17H36N2/c1-6-13(7-2)12-16(19-18)14-8-10-15(11-9-14)17(3,4)5/h13-16,19H,6-12,18H2,1-5H3. The smallest absolute Gasteiger partial charge is 0.0241 e. The summed E-state index contributed by atoms with van der Waals surface area (Å²) in [5.41, 5.74) is 3.60. The Kier molecular flexibility index (Phi) is 6.82. The van der Waals surface area contributed by atoms with E-state index in [1.54, 1.807) is 0 Å². The highest BCUT2D eigenvalue weighted by atomic mass is 15.2. The second kappa shape index (κ2) is 7.64. The second-order valence-corrected chi connectivity index (χ2v) is 7.67. The molecule has 0 aliphatic heterocycles. The fourth-order valence-corrected chi connectivity index (χ4v) is 3.77. The minimum Gasteiger partial charge on any atom is -0.271 e. The van der Waals surface area contributed by atoms with Gasteiger partial charge >= 0.3 is 0 Å². The highest BCUT2D eigenvalue weighted by Crippen LogP contribution is 2.41. The Morgan fingerprint density at radius 2 is 1.58 bits per heavy atom. The van der Waals surface area contributed by atoms with Gasteiger partial charge in [-0.1, -0.05) is 47.5 Å². The summed E-state index contributed by atoms with van der Waals surface area (Å²) in [6.07, 6.45) is 9.31. The molecule has 2 heteroatoms. The van der Waals surface area contributed by atoms with E-state index in [0.717, 1.165) is 17.8 Å². The van der Waals surface area contributed by atoms with Gasteiger partial charge in [0, 0.05) is 6.04 Å². The quantitative estimate of drug-likeness (QED) is 0.550. The minimum absolute atomic E-state index is 0.478. The Hall–Kier alpha value is -0.0800. The molecule has 1 unspecified atom stereocenters. The van der Waals surface area contributed by atoms with E-state index < -0.39 is 0 Å². The van der Waals surface area contributed by atoms with E-state index in [0.29, 0.717) is 11.5 Å². The topological polar surface area (TPSA) is 38.0 Å². The van der Waals surface area contributed by atoms with E-state index in [2.05, 4.69) is 40.0 Å². The third-order valence-electron chi connectivity index (χ3n) is 5.52. The monoisotopic (exact) mass is 268 g/mol. The van der Waals surface area contributed by atoms with E-state index in [1.807, 2.05) is 0 Å². The normalized spacial score (nSPS) is 26.7. The van der Waals surface area contributed by atoms with Crippen LogP contribution in [0.4, 0.5) is 0 Å². The van der Waals surface area contributed by atoms with Gasteiger partial charge in [0.2, 0.25) is 0 Å². The molecule has 19 heavy (non-hydrogen) atoms. The fourth-order valence-electron chi connectivity index (χ4n) is 3.77. The van der Waals surface area contributed by atoms with Crippen molar-refractivity contribution in [2.75, 3.05) is 0 Å². The lowest BCUT2D eigenvalue weighted by Crippen LogP contribution is -2.44. The van der Waals surface area contributed by atoms with Crippen molar-refractivity contribution >= 4 is 0 Å². The minimum atomic E-state index is 0.478. The van der Waals surface area contributed by atoms with Crippen LogP contribution in [0, 0.1) is 23.2 Å². The molecule has 0 bridgehead atoms. The predicted octanol–water partition coefficient (Wildman–Crippen LogP) is 4.50. The first kappa shape index (κ1) is 17.0. The third kappa shape index (κ3) is 5.07. The van der Waals surface area contributed by atoms with Crippen molar-refractivity contribution in [2.24, 2.45) is 29.0 Å². The van der Waals surface area contributed by atoms with Crippen LogP contribution in [0.1, 0.15) is 79.6 Å². The number of rotatable bonds is 6. The van der Waals surface area contributed by atoms with Gasteiger partial charge in [-0.05, 0) is 55.3 Å². The molecule has 0 saturated heterocycles. The largest absolute Gasteiger partial charge is 0.271 e.